The number of halogens is 2. The van der Waals surface area contributed by atoms with Crippen LogP contribution in [-0.2, 0) is 13.1 Å². The van der Waals surface area contributed by atoms with E-state index >= 15 is 0 Å². The average Bonchev–Trinajstić information content (AvgIpc) is 3.29. The fraction of sp³-hybridized carbons (Fsp3) is 0.381. The first-order valence-electron chi connectivity index (χ1n) is 9.76. The molecule has 5 nitrogen and oxygen atoms in total. The molecule has 2 aliphatic rings. The van der Waals surface area contributed by atoms with Gasteiger partial charge in [0, 0.05) is 57.7 Å². The lowest BCUT2D eigenvalue weighted by molar-refractivity contribution is 0.197. The second-order valence-electron chi connectivity index (χ2n) is 7.69. The maximum Gasteiger partial charge on any atom is 0.158 e. The van der Waals surface area contributed by atoms with Gasteiger partial charge in [0.15, 0.2) is 5.82 Å². The van der Waals surface area contributed by atoms with Crippen LogP contribution in [0.2, 0.25) is 0 Å². The van der Waals surface area contributed by atoms with E-state index in [9.17, 15) is 8.78 Å². The first-order chi connectivity index (χ1) is 13.7. The molecule has 2 aliphatic heterocycles. The van der Waals surface area contributed by atoms with E-state index in [1.807, 2.05) is 6.07 Å². The van der Waals surface area contributed by atoms with Gasteiger partial charge in [0.1, 0.15) is 11.6 Å². The molecule has 28 heavy (non-hydrogen) atoms. The number of piperazine rings is 1. The molecule has 1 N–H and O–H groups in total. The Kier molecular flexibility index (Phi) is 4.49. The normalized spacial score (nSPS) is 18.1. The van der Waals surface area contributed by atoms with Crippen LogP contribution in [0.1, 0.15) is 11.1 Å². The molecule has 0 spiro atoms. The van der Waals surface area contributed by atoms with Crippen LogP contribution in [0.5, 0.6) is 0 Å². The predicted octanol–water partition coefficient (Wildman–Crippen LogP) is 2.98. The molecule has 1 aromatic heterocycles. The molecule has 0 saturated carbocycles. The Balaban J connectivity index is 1.15. The maximum absolute atomic E-state index is 13.4. The minimum absolute atomic E-state index is 0.148. The monoisotopic (exact) mass is 383 g/mol. The van der Waals surface area contributed by atoms with Crippen LogP contribution in [0.15, 0.2) is 36.4 Å². The van der Waals surface area contributed by atoms with E-state index in [4.69, 9.17) is 0 Å². The molecule has 0 amide bonds. The molecule has 3 aromatic rings. The molecule has 0 unspecified atom stereocenters. The SMILES string of the molecule is Fc1ccc2c(c1)CN(CCN1CCN(c3n[nH]c4cc(F)ccc34)CC1)C2. The average molecular weight is 383 g/mol. The molecule has 7 heteroatoms. The zero-order valence-corrected chi connectivity index (χ0v) is 15.7. The van der Waals surface area contributed by atoms with Gasteiger partial charge < -0.3 is 4.90 Å². The minimum atomic E-state index is -0.251. The summed E-state index contributed by atoms with van der Waals surface area (Å²) in [6, 6.07) is 9.88. The minimum Gasteiger partial charge on any atom is -0.352 e. The maximum atomic E-state index is 13.4. The number of hydrogen-bond acceptors (Lipinski definition) is 4. The highest BCUT2D eigenvalue weighted by atomic mass is 19.1. The molecular formula is C21H23F2N5. The topological polar surface area (TPSA) is 38.4 Å². The van der Waals surface area contributed by atoms with Crippen LogP contribution >= 0.6 is 0 Å². The summed E-state index contributed by atoms with van der Waals surface area (Å²) in [6.07, 6.45) is 0. The number of hydrogen-bond donors (Lipinski definition) is 1. The van der Waals surface area contributed by atoms with Crippen molar-refractivity contribution in [3.8, 4) is 0 Å². The van der Waals surface area contributed by atoms with Crippen molar-refractivity contribution in [2.24, 2.45) is 0 Å². The second-order valence-corrected chi connectivity index (χ2v) is 7.69. The largest absolute Gasteiger partial charge is 0.352 e. The van der Waals surface area contributed by atoms with Crippen molar-refractivity contribution in [3.05, 3.63) is 59.2 Å². The van der Waals surface area contributed by atoms with Gasteiger partial charge in [-0.15, -0.1) is 0 Å². The fourth-order valence-electron chi connectivity index (χ4n) is 4.28. The summed E-state index contributed by atoms with van der Waals surface area (Å²) < 4.78 is 26.7. The van der Waals surface area contributed by atoms with E-state index in [2.05, 4.69) is 24.9 Å². The molecule has 0 aliphatic carbocycles. The molecule has 1 fully saturated rings. The number of rotatable bonds is 4. The molecule has 5 rings (SSSR count). The van der Waals surface area contributed by atoms with Gasteiger partial charge in [0.05, 0.1) is 5.52 Å². The number of H-pyrrole nitrogens is 1. The Morgan fingerprint density at radius 2 is 1.54 bits per heavy atom. The van der Waals surface area contributed by atoms with Crippen LogP contribution < -0.4 is 4.90 Å². The zero-order chi connectivity index (χ0) is 19.1. The number of aromatic amines is 1. The summed E-state index contributed by atoms with van der Waals surface area (Å²) in [5, 5.41) is 8.30. The lowest BCUT2D eigenvalue weighted by Crippen LogP contribution is -2.48. The van der Waals surface area contributed by atoms with Gasteiger partial charge in [-0.3, -0.25) is 14.9 Å². The number of nitrogens with zero attached hydrogens (tertiary/aromatic N) is 4. The van der Waals surface area contributed by atoms with Crippen molar-refractivity contribution in [1.82, 2.24) is 20.0 Å². The first kappa shape index (κ1) is 17.6. The highest BCUT2D eigenvalue weighted by molar-refractivity contribution is 5.90. The third-order valence-electron chi connectivity index (χ3n) is 5.87. The molecular weight excluding hydrogens is 360 g/mol. The molecule has 1 saturated heterocycles. The van der Waals surface area contributed by atoms with Gasteiger partial charge >= 0.3 is 0 Å². The van der Waals surface area contributed by atoms with Crippen molar-refractivity contribution in [2.75, 3.05) is 44.2 Å². The van der Waals surface area contributed by atoms with Crippen LogP contribution in [0.25, 0.3) is 10.9 Å². The number of aromatic nitrogens is 2. The predicted molar refractivity (Wildman–Crippen MR) is 105 cm³/mol. The number of anilines is 1. The van der Waals surface area contributed by atoms with E-state index in [0.717, 1.165) is 74.6 Å². The van der Waals surface area contributed by atoms with Gasteiger partial charge in [0.2, 0.25) is 0 Å². The number of nitrogens with one attached hydrogen (secondary N) is 1. The van der Waals surface area contributed by atoms with Gasteiger partial charge in [-0.25, -0.2) is 8.78 Å². The molecule has 146 valence electrons. The summed E-state index contributed by atoms with van der Waals surface area (Å²) >= 11 is 0. The second kappa shape index (κ2) is 7.14. The van der Waals surface area contributed by atoms with Crippen LogP contribution in [0, 0.1) is 11.6 Å². The van der Waals surface area contributed by atoms with E-state index in [-0.39, 0.29) is 11.6 Å². The highest BCUT2D eigenvalue weighted by Crippen LogP contribution is 2.26. The molecule has 0 bridgehead atoms. The third-order valence-corrected chi connectivity index (χ3v) is 5.87. The highest BCUT2D eigenvalue weighted by Gasteiger charge is 2.23. The summed E-state index contributed by atoms with van der Waals surface area (Å²) in [5.74, 6) is 0.511. The van der Waals surface area contributed by atoms with Gasteiger partial charge in [-0.1, -0.05) is 6.07 Å². The van der Waals surface area contributed by atoms with Crippen molar-refractivity contribution in [3.63, 3.8) is 0 Å². The molecule has 0 radical (unpaired) electrons. The van der Waals surface area contributed by atoms with Crippen LogP contribution in [0.4, 0.5) is 14.6 Å². The smallest absolute Gasteiger partial charge is 0.158 e. The van der Waals surface area contributed by atoms with Crippen molar-refractivity contribution in [1.29, 1.82) is 0 Å². The van der Waals surface area contributed by atoms with E-state index in [1.165, 1.54) is 17.7 Å². The van der Waals surface area contributed by atoms with Gasteiger partial charge in [-0.2, -0.15) is 5.10 Å². The standard InChI is InChI=1S/C21H23F2N5/c22-17-2-1-15-13-27(14-16(15)11-17)6-5-26-7-9-28(10-8-26)21-19-4-3-18(23)12-20(19)24-25-21/h1-4,11-12H,5-10,13-14H2,(H,24,25). The summed E-state index contributed by atoms with van der Waals surface area (Å²) in [7, 11) is 0. The van der Waals surface area contributed by atoms with Crippen molar-refractivity contribution < 1.29 is 8.78 Å². The Labute approximate surface area is 162 Å². The molecule has 2 aromatic carbocycles. The summed E-state index contributed by atoms with van der Waals surface area (Å²) in [6.45, 7) is 7.51. The van der Waals surface area contributed by atoms with Crippen molar-refractivity contribution >= 4 is 16.7 Å². The van der Waals surface area contributed by atoms with E-state index in [0.29, 0.717) is 0 Å². The summed E-state index contributed by atoms with van der Waals surface area (Å²) in [4.78, 5) is 7.11. The third kappa shape index (κ3) is 3.36. The Morgan fingerprint density at radius 3 is 2.39 bits per heavy atom. The quantitative estimate of drug-likeness (QED) is 0.752. The number of benzene rings is 2. The fourth-order valence-corrected chi connectivity index (χ4v) is 4.28. The lowest BCUT2D eigenvalue weighted by Gasteiger charge is -2.35. The lowest BCUT2D eigenvalue weighted by atomic mass is 10.1. The van der Waals surface area contributed by atoms with E-state index in [1.54, 1.807) is 18.2 Å². The molecule has 3 heterocycles. The van der Waals surface area contributed by atoms with Crippen LogP contribution in [0.3, 0.4) is 0 Å². The summed E-state index contributed by atoms with van der Waals surface area (Å²) in [5.41, 5.74) is 3.10. The Bertz CT molecular complexity index is 994. The van der Waals surface area contributed by atoms with Crippen molar-refractivity contribution in [2.45, 2.75) is 13.1 Å². The zero-order valence-electron chi connectivity index (χ0n) is 15.7. The van der Waals surface area contributed by atoms with Gasteiger partial charge in [0.25, 0.3) is 0 Å². The van der Waals surface area contributed by atoms with Gasteiger partial charge in [-0.05, 0) is 41.5 Å². The van der Waals surface area contributed by atoms with Crippen LogP contribution in [-0.4, -0.2) is 59.3 Å². The Hall–Kier alpha value is -2.51. The Morgan fingerprint density at radius 1 is 0.821 bits per heavy atom. The number of fused-ring (bicyclic) bond motifs is 2. The first-order valence-corrected chi connectivity index (χ1v) is 9.76. The van der Waals surface area contributed by atoms with E-state index < -0.39 is 0 Å². The molecule has 0 atom stereocenters.